The Morgan fingerprint density at radius 3 is 2.08 bits per heavy atom. The Morgan fingerprint density at radius 1 is 0.885 bits per heavy atom. The van der Waals surface area contributed by atoms with Crippen molar-refractivity contribution < 1.29 is 64.0 Å². The number of rotatable bonds is 22. The van der Waals surface area contributed by atoms with Gasteiger partial charge in [0.25, 0.3) is 0 Å². The van der Waals surface area contributed by atoms with Crippen LogP contribution in [0.3, 0.4) is 0 Å². The molecule has 1 aromatic rings. The summed E-state index contributed by atoms with van der Waals surface area (Å²) in [5.74, 6) is -10.9. The van der Waals surface area contributed by atoms with Crippen molar-refractivity contribution in [3.63, 3.8) is 0 Å². The molecule has 13 nitrogen and oxygen atoms in total. The molecule has 0 amide bonds. The van der Waals surface area contributed by atoms with Crippen LogP contribution < -0.4 is 0 Å². The summed E-state index contributed by atoms with van der Waals surface area (Å²) in [4.78, 5) is 50.9. The van der Waals surface area contributed by atoms with Crippen LogP contribution in [0, 0.1) is 11.8 Å². The van der Waals surface area contributed by atoms with Gasteiger partial charge in [-0.05, 0) is 82.1 Å². The number of hydrogen-bond donors (Lipinski definition) is 6. The molecule has 2 bridgehead atoms. The SMILES string of the molecule is C/C=C/CCCC/C=C/CCCCC(=O)O[C@@H]1[C@H](O)[C@@]2(CC[C@H](C)[C@H](O)[C@H](C)C/C=C/c3ccccc3)O[C@@H](C(=O)O)[C@@](O)(C(=O)O)[C@@]1(C(=O)O)O2. The molecule has 2 heterocycles. The zero-order valence-corrected chi connectivity index (χ0v) is 30.1. The van der Waals surface area contributed by atoms with E-state index in [-0.39, 0.29) is 18.8 Å². The number of carbonyl (C=O) groups is 4. The average Bonchev–Trinajstić information content (AvgIpc) is 3.32. The highest BCUT2D eigenvalue weighted by Crippen LogP contribution is 2.56. The molecule has 52 heavy (non-hydrogen) atoms. The second-order valence-electron chi connectivity index (χ2n) is 13.8. The molecule has 2 aliphatic heterocycles. The Hall–Kier alpha value is -3.88. The molecule has 9 atom stereocenters. The summed E-state index contributed by atoms with van der Waals surface area (Å²) < 4.78 is 16.6. The highest BCUT2D eigenvalue weighted by Gasteiger charge is 2.85. The molecule has 1 aromatic carbocycles. The van der Waals surface area contributed by atoms with Crippen molar-refractivity contribution in [1.82, 2.24) is 0 Å². The van der Waals surface area contributed by atoms with Crippen LogP contribution in [0.25, 0.3) is 6.08 Å². The summed E-state index contributed by atoms with van der Waals surface area (Å²) in [6, 6.07) is 9.57. The lowest BCUT2D eigenvalue weighted by Gasteiger charge is -2.48. The molecule has 0 unspecified atom stereocenters. The molecule has 0 saturated carbocycles. The third kappa shape index (κ3) is 9.56. The summed E-state index contributed by atoms with van der Waals surface area (Å²) >= 11 is 0. The topological polar surface area (TPSA) is 217 Å². The molecule has 0 spiro atoms. The van der Waals surface area contributed by atoms with Gasteiger partial charge in [-0.2, -0.15) is 0 Å². The molecule has 2 fully saturated rings. The molecule has 2 aliphatic rings. The first kappa shape index (κ1) is 42.5. The smallest absolute Gasteiger partial charge is 0.344 e. The number of carboxylic acids is 3. The number of ether oxygens (including phenoxy) is 3. The minimum Gasteiger partial charge on any atom is -0.479 e. The minimum absolute atomic E-state index is 0.0253. The van der Waals surface area contributed by atoms with Crippen molar-refractivity contribution in [2.45, 2.75) is 133 Å². The summed E-state index contributed by atoms with van der Waals surface area (Å²) in [6.07, 6.45) is 9.20. The van der Waals surface area contributed by atoms with Gasteiger partial charge in [0.05, 0.1) is 6.10 Å². The van der Waals surface area contributed by atoms with Crippen LogP contribution in [0.1, 0.15) is 97.0 Å². The quantitative estimate of drug-likeness (QED) is 0.0533. The monoisotopic (exact) mass is 730 g/mol. The van der Waals surface area contributed by atoms with Gasteiger partial charge in [-0.25, -0.2) is 14.4 Å². The molecular formula is C39H54O13. The predicted octanol–water partition coefficient (Wildman–Crippen LogP) is 4.88. The number of carboxylic acid groups (broad SMARTS) is 3. The van der Waals surface area contributed by atoms with Crippen LogP contribution in [0.2, 0.25) is 0 Å². The third-order valence-corrected chi connectivity index (χ3v) is 9.99. The van der Waals surface area contributed by atoms with Gasteiger partial charge < -0.3 is 44.8 Å². The number of fused-ring (bicyclic) bond motifs is 2. The van der Waals surface area contributed by atoms with E-state index in [9.17, 15) is 49.8 Å². The van der Waals surface area contributed by atoms with Crippen molar-refractivity contribution in [2.75, 3.05) is 0 Å². The maximum Gasteiger partial charge on any atom is 0.344 e. The summed E-state index contributed by atoms with van der Waals surface area (Å²) in [7, 11) is 0. The molecule has 13 heteroatoms. The van der Waals surface area contributed by atoms with Gasteiger partial charge in [-0.1, -0.05) is 80.6 Å². The first-order valence-electron chi connectivity index (χ1n) is 18.0. The fourth-order valence-electron chi connectivity index (χ4n) is 6.89. The van der Waals surface area contributed by atoms with Gasteiger partial charge in [0, 0.05) is 12.8 Å². The maximum absolute atomic E-state index is 13.0. The molecule has 6 N–H and O–H groups in total. The minimum atomic E-state index is -3.83. The number of aliphatic hydroxyl groups is 3. The molecule has 2 saturated heterocycles. The standard InChI is InChI=1S/C39H54O13/c1-4-5-6-7-8-9-10-11-12-13-17-23-29(40)50-32-31(42)37(51-33(34(43)44)38(49,35(45)46)39(32,52-37)36(47)48)25-24-27(3)30(41)26(2)19-18-22-28-20-15-14-16-21-28/h4-5,10-11,14-16,18,20-22,26-27,30-33,41-42,49H,6-9,12-13,17,19,23-25H2,1-3H3,(H,43,44)(H,45,46)(H,47,48)/b5-4+,11-10+,22-18+/t26-,27+,30-,31+,32-,33+,37+,38-,39-/m1/s1. The molecular weight excluding hydrogens is 676 g/mol. The maximum atomic E-state index is 13.0. The lowest BCUT2D eigenvalue weighted by Crippen LogP contribution is -2.78. The number of aliphatic carboxylic acids is 3. The summed E-state index contributed by atoms with van der Waals surface area (Å²) in [5.41, 5.74) is -6.32. The Morgan fingerprint density at radius 2 is 1.50 bits per heavy atom. The summed E-state index contributed by atoms with van der Waals surface area (Å²) in [5, 5.41) is 64.6. The first-order chi connectivity index (χ1) is 24.7. The van der Waals surface area contributed by atoms with Crippen molar-refractivity contribution in [1.29, 1.82) is 0 Å². The largest absolute Gasteiger partial charge is 0.479 e. The van der Waals surface area contributed by atoms with E-state index in [1.807, 2.05) is 68.5 Å². The van der Waals surface area contributed by atoms with E-state index in [4.69, 9.17) is 14.2 Å². The van der Waals surface area contributed by atoms with Crippen molar-refractivity contribution in [3.05, 3.63) is 66.3 Å². The van der Waals surface area contributed by atoms with Crippen LogP contribution in [0.15, 0.2) is 60.7 Å². The van der Waals surface area contributed by atoms with Crippen LogP contribution in [0.5, 0.6) is 0 Å². The number of carbonyl (C=O) groups excluding carboxylic acids is 1. The van der Waals surface area contributed by atoms with Crippen molar-refractivity contribution in [3.8, 4) is 0 Å². The fourth-order valence-corrected chi connectivity index (χ4v) is 6.89. The Balaban J connectivity index is 1.75. The van der Waals surface area contributed by atoms with Gasteiger partial charge in [0.15, 0.2) is 6.10 Å². The van der Waals surface area contributed by atoms with Crippen molar-refractivity contribution >= 4 is 30.0 Å². The van der Waals surface area contributed by atoms with E-state index in [1.54, 1.807) is 6.92 Å². The Bertz CT molecular complexity index is 1440. The van der Waals surface area contributed by atoms with Gasteiger partial charge >= 0.3 is 23.9 Å². The second-order valence-corrected chi connectivity index (χ2v) is 13.8. The molecule has 288 valence electrons. The van der Waals surface area contributed by atoms with E-state index in [0.717, 1.165) is 31.2 Å². The number of allylic oxidation sites excluding steroid dienone is 5. The van der Waals surface area contributed by atoms with E-state index >= 15 is 0 Å². The molecule has 0 radical (unpaired) electrons. The van der Waals surface area contributed by atoms with Gasteiger partial charge in [0.1, 0.15) is 6.10 Å². The van der Waals surface area contributed by atoms with Gasteiger partial charge in [0.2, 0.25) is 23.1 Å². The third-order valence-electron chi connectivity index (χ3n) is 9.99. The number of aliphatic hydroxyl groups excluding tert-OH is 2. The van der Waals surface area contributed by atoms with Gasteiger partial charge in [-0.15, -0.1) is 0 Å². The number of hydrogen-bond acceptors (Lipinski definition) is 10. The molecule has 0 aromatic heterocycles. The van der Waals surface area contributed by atoms with Crippen molar-refractivity contribution in [2.24, 2.45) is 11.8 Å². The van der Waals surface area contributed by atoms with E-state index in [0.29, 0.717) is 25.7 Å². The number of unbranched alkanes of at least 4 members (excludes halogenated alkanes) is 5. The van der Waals surface area contributed by atoms with E-state index in [1.165, 1.54) is 0 Å². The van der Waals surface area contributed by atoms with E-state index < -0.39 is 77.6 Å². The highest BCUT2D eigenvalue weighted by atomic mass is 16.8. The summed E-state index contributed by atoms with van der Waals surface area (Å²) in [6.45, 7) is 5.50. The molecule has 3 rings (SSSR count). The van der Waals surface area contributed by atoms with Crippen LogP contribution >= 0.6 is 0 Å². The lowest BCUT2D eigenvalue weighted by molar-refractivity contribution is -0.374. The Kier molecular flexibility index (Phi) is 15.8. The zero-order valence-electron chi connectivity index (χ0n) is 30.1. The average molecular weight is 731 g/mol. The normalized spacial score (nSPS) is 29.0. The van der Waals surface area contributed by atoms with Crippen LogP contribution in [-0.2, 0) is 33.4 Å². The first-order valence-corrected chi connectivity index (χ1v) is 18.0. The molecule has 0 aliphatic carbocycles. The lowest BCUT2D eigenvalue weighted by atomic mass is 9.74. The van der Waals surface area contributed by atoms with Crippen LogP contribution in [0.4, 0.5) is 0 Å². The zero-order chi connectivity index (χ0) is 38.5. The number of esters is 1. The Labute approximate surface area is 304 Å². The predicted molar refractivity (Wildman–Crippen MR) is 190 cm³/mol. The van der Waals surface area contributed by atoms with E-state index in [2.05, 4.69) is 12.2 Å². The van der Waals surface area contributed by atoms with Crippen LogP contribution in [-0.4, -0.2) is 95.9 Å². The fraction of sp³-hybridized carbons (Fsp3) is 0.590. The highest BCUT2D eigenvalue weighted by molar-refractivity contribution is 5.98. The number of benzene rings is 1. The van der Waals surface area contributed by atoms with Gasteiger partial charge in [-0.3, -0.25) is 4.79 Å². The second kappa shape index (κ2) is 19.3.